The smallest absolute Gasteiger partial charge is 0.130 e. The fraction of sp³-hybridized carbons (Fsp3) is 0.600. The van der Waals surface area contributed by atoms with Crippen LogP contribution in [0.5, 0.6) is 0 Å². The van der Waals surface area contributed by atoms with Crippen LogP contribution < -0.4 is 0 Å². The highest BCUT2D eigenvalue weighted by Gasteiger charge is 2.36. The van der Waals surface area contributed by atoms with Gasteiger partial charge in [0.15, 0.2) is 0 Å². The molecule has 2 nitrogen and oxygen atoms in total. The molecule has 19 heavy (non-hydrogen) atoms. The van der Waals surface area contributed by atoms with Crippen molar-refractivity contribution in [3.05, 3.63) is 35.4 Å². The van der Waals surface area contributed by atoms with E-state index >= 15 is 0 Å². The van der Waals surface area contributed by atoms with Crippen LogP contribution in [0.4, 0.5) is 8.78 Å². The quantitative estimate of drug-likeness (QED) is 0.812. The molecular weight excluding hydrogens is 246 g/mol. The van der Waals surface area contributed by atoms with Gasteiger partial charge in [0, 0.05) is 37.3 Å². The van der Waals surface area contributed by atoms with Crippen LogP contribution in [0.1, 0.15) is 25.3 Å². The average molecular weight is 266 g/mol. The van der Waals surface area contributed by atoms with Crippen molar-refractivity contribution < 1.29 is 8.78 Å². The summed E-state index contributed by atoms with van der Waals surface area (Å²) in [5.41, 5.74) is 0.209. The summed E-state index contributed by atoms with van der Waals surface area (Å²) in [7, 11) is 0. The Hall–Kier alpha value is -1.00. The molecule has 2 saturated heterocycles. The maximum Gasteiger partial charge on any atom is 0.130 e. The van der Waals surface area contributed by atoms with Crippen LogP contribution in [0.2, 0.25) is 0 Å². The molecule has 0 aromatic heterocycles. The van der Waals surface area contributed by atoms with E-state index in [2.05, 4.69) is 16.7 Å². The molecule has 1 aromatic rings. The molecule has 0 spiro atoms. The Balaban J connectivity index is 1.76. The summed E-state index contributed by atoms with van der Waals surface area (Å²) in [5.74, 6) is -0.859. The van der Waals surface area contributed by atoms with Gasteiger partial charge in [0.05, 0.1) is 0 Å². The number of hydrogen-bond donors (Lipinski definition) is 0. The van der Waals surface area contributed by atoms with Crippen LogP contribution >= 0.6 is 0 Å². The van der Waals surface area contributed by atoms with Crippen LogP contribution in [0, 0.1) is 11.6 Å². The third-order valence-electron chi connectivity index (χ3n) is 4.64. The summed E-state index contributed by atoms with van der Waals surface area (Å²) in [4.78, 5) is 4.73. The fourth-order valence-electron chi connectivity index (χ4n) is 3.49. The van der Waals surface area contributed by atoms with E-state index < -0.39 is 11.6 Å². The van der Waals surface area contributed by atoms with E-state index in [0.29, 0.717) is 18.6 Å². The molecule has 0 aliphatic carbocycles. The van der Waals surface area contributed by atoms with Crippen LogP contribution in [0.15, 0.2) is 18.2 Å². The minimum atomic E-state index is -0.430. The lowest BCUT2D eigenvalue weighted by molar-refractivity contribution is 0.0456. The highest BCUT2D eigenvalue weighted by Crippen LogP contribution is 2.28. The molecule has 0 bridgehead atoms. The van der Waals surface area contributed by atoms with Crippen molar-refractivity contribution in [1.29, 1.82) is 0 Å². The molecule has 0 amide bonds. The molecule has 3 rings (SSSR count). The Kier molecular flexibility index (Phi) is 3.54. The standard InChI is InChI=1S/C15H20F2N2/c1-11-15-6-3-7-18(15)8-9-19(11)10-12-13(16)4-2-5-14(12)17/h2,4-5,11,15H,3,6-10H2,1H3/t11-,15+/m1/s1. The third kappa shape index (κ3) is 2.39. The zero-order chi connectivity index (χ0) is 13.4. The van der Waals surface area contributed by atoms with E-state index in [4.69, 9.17) is 0 Å². The largest absolute Gasteiger partial charge is 0.298 e. The molecule has 4 heteroatoms. The molecule has 2 fully saturated rings. The normalized spacial score (nSPS) is 28.6. The second-order valence-corrected chi connectivity index (χ2v) is 5.66. The second-order valence-electron chi connectivity index (χ2n) is 5.66. The predicted molar refractivity (Wildman–Crippen MR) is 70.8 cm³/mol. The third-order valence-corrected chi connectivity index (χ3v) is 4.64. The summed E-state index contributed by atoms with van der Waals surface area (Å²) >= 11 is 0. The monoisotopic (exact) mass is 266 g/mol. The van der Waals surface area contributed by atoms with Gasteiger partial charge in [0.2, 0.25) is 0 Å². The molecule has 2 aliphatic rings. The summed E-state index contributed by atoms with van der Waals surface area (Å²) in [6.07, 6.45) is 2.45. The first-order valence-corrected chi connectivity index (χ1v) is 7.08. The molecule has 0 unspecified atom stereocenters. The number of halogens is 2. The molecule has 2 aliphatic heterocycles. The fourth-order valence-corrected chi connectivity index (χ4v) is 3.49. The molecule has 0 radical (unpaired) electrons. The van der Waals surface area contributed by atoms with E-state index in [-0.39, 0.29) is 5.56 Å². The number of fused-ring (bicyclic) bond motifs is 1. The topological polar surface area (TPSA) is 6.48 Å². The van der Waals surface area contributed by atoms with Gasteiger partial charge in [0.25, 0.3) is 0 Å². The number of rotatable bonds is 2. The number of piperazine rings is 1. The lowest BCUT2D eigenvalue weighted by atomic mass is 10.0. The van der Waals surface area contributed by atoms with Gasteiger partial charge < -0.3 is 0 Å². The molecule has 0 saturated carbocycles. The van der Waals surface area contributed by atoms with E-state index in [1.54, 1.807) is 0 Å². The first-order chi connectivity index (χ1) is 9.16. The highest BCUT2D eigenvalue weighted by molar-refractivity contribution is 5.20. The van der Waals surface area contributed by atoms with Gasteiger partial charge in [-0.15, -0.1) is 0 Å². The number of benzene rings is 1. The van der Waals surface area contributed by atoms with Crippen molar-refractivity contribution in [3.8, 4) is 0 Å². The number of hydrogen-bond acceptors (Lipinski definition) is 2. The van der Waals surface area contributed by atoms with Crippen molar-refractivity contribution in [2.45, 2.75) is 38.4 Å². The zero-order valence-electron chi connectivity index (χ0n) is 11.3. The van der Waals surface area contributed by atoms with Gasteiger partial charge >= 0.3 is 0 Å². The van der Waals surface area contributed by atoms with Crippen LogP contribution in [-0.4, -0.2) is 41.5 Å². The molecule has 104 valence electrons. The van der Waals surface area contributed by atoms with Crippen LogP contribution in [-0.2, 0) is 6.54 Å². The van der Waals surface area contributed by atoms with Crippen LogP contribution in [0.3, 0.4) is 0 Å². The molecular formula is C15H20F2N2. The lowest BCUT2D eigenvalue weighted by Gasteiger charge is -2.43. The van der Waals surface area contributed by atoms with Crippen molar-refractivity contribution in [2.75, 3.05) is 19.6 Å². The minimum Gasteiger partial charge on any atom is -0.298 e. The Morgan fingerprint density at radius 1 is 1.16 bits per heavy atom. The number of nitrogens with zero attached hydrogens (tertiary/aromatic N) is 2. The highest BCUT2D eigenvalue weighted by atomic mass is 19.1. The van der Waals surface area contributed by atoms with Gasteiger partial charge in [-0.1, -0.05) is 6.07 Å². The van der Waals surface area contributed by atoms with Gasteiger partial charge in [-0.2, -0.15) is 0 Å². The maximum atomic E-state index is 13.7. The van der Waals surface area contributed by atoms with Gasteiger partial charge in [-0.3, -0.25) is 9.80 Å². The van der Waals surface area contributed by atoms with E-state index in [9.17, 15) is 8.78 Å². The Morgan fingerprint density at radius 3 is 2.63 bits per heavy atom. The van der Waals surface area contributed by atoms with Crippen molar-refractivity contribution in [3.63, 3.8) is 0 Å². The van der Waals surface area contributed by atoms with E-state index in [1.807, 2.05) is 0 Å². The van der Waals surface area contributed by atoms with Gasteiger partial charge in [-0.05, 0) is 38.4 Å². The summed E-state index contributed by atoms with van der Waals surface area (Å²) in [6, 6.07) is 5.04. The maximum absolute atomic E-state index is 13.7. The summed E-state index contributed by atoms with van der Waals surface area (Å²) < 4.78 is 27.4. The first kappa shape index (κ1) is 13.0. The SMILES string of the molecule is C[C@@H]1[C@@H]2CCCN2CCN1Cc1c(F)cccc1F. The zero-order valence-corrected chi connectivity index (χ0v) is 11.3. The average Bonchev–Trinajstić information content (AvgIpc) is 2.85. The van der Waals surface area contributed by atoms with E-state index in [0.717, 1.165) is 13.1 Å². The molecule has 2 heterocycles. The lowest BCUT2D eigenvalue weighted by Crippen LogP contribution is -2.55. The van der Waals surface area contributed by atoms with E-state index in [1.165, 1.54) is 37.6 Å². The molecule has 0 N–H and O–H groups in total. The second kappa shape index (κ2) is 5.17. The Morgan fingerprint density at radius 2 is 1.89 bits per heavy atom. The van der Waals surface area contributed by atoms with Crippen molar-refractivity contribution >= 4 is 0 Å². The molecule has 1 aromatic carbocycles. The van der Waals surface area contributed by atoms with Crippen molar-refractivity contribution in [2.24, 2.45) is 0 Å². The van der Waals surface area contributed by atoms with Crippen LogP contribution in [0.25, 0.3) is 0 Å². The van der Waals surface area contributed by atoms with Crippen molar-refractivity contribution in [1.82, 2.24) is 9.80 Å². The van der Waals surface area contributed by atoms with Gasteiger partial charge in [-0.25, -0.2) is 8.78 Å². The predicted octanol–water partition coefficient (Wildman–Crippen LogP) is 2.63. The summed E-state index contributed by atoms with van der Waals surface area (Å²) in [5, 5.41) is 0. The molecule has 2 atom stereocenters. The summed E-state index contributed by atoms with van der Waals surface area (Å²) in [6.45, 7) is 5.65. The first-order valence-electron chi connectivity index (χ1n) is 7.08. The Bertz CT molecular complexity index is 443. The Labute approximate surface area is 113 Å². The minimum absolute atomic E-state index is 0.209. The van der Waals surface area contributed by atoms with Gasteiger partial charge in [0.1, 0.15) is 11.6 Å².